The summed E-state index contributed by atoms with van der Waals surface area (Å²) in [4.78, 5) is 31.2. The summed E-state index contributed by atoms with van der Waals surface area (Å²) in [6.45, 7) is 12.2. The summed E-state index contributed by atoms with van der Waals surface area (Å²) in [7, 11) is 0. The fourth-order valence-corrected chi connectivity index (χ4v) is 26.4. The van der Waals surface area contributed by atoms with Crippen molar-refractivity contribution in [3.63, 3.8) is 0 Å². The standard InChI is InChI=1S/C50H62O4/c1-47(2,3)53-45(51)50(46(52)54-48(4,5)6)44-22-13-20-11-18-9-16-7-15-8-17-10-19-12-21-14-49(44,50)43-41-29(21)25(19)33-27(17)31-23(15)24(16)32-28(18)34-26(20)30(22)42(43)40-38(34)36(32)35(31)37(33)39(40)41/h14-20,22-44H,7-13H2,1-6H3. The quantitative estimate of drug-likeness (QED) is 0.163. The van der Waals surface area contributed by atoms with Gasteiger partial charge in [0, 0.05) is 11.3 Å². The minimum atomic E-state index is -1.17. The minimum absolute atomic E-state index is 0.0796. The third kappa shape index (κ3) is 2.52. The van der Waals surface area contributed by atoms with Gasteiger partial charge in [-0.2, -0.15) is 0 Å². The average molecular weight is 727 g/mol. The maximum atomic E-state index is 15.6. The summed E-state index contributed by atoms with van der Waals surface area (Å²) in [5, 5.41) is 0. The van der Waals surface area contributed by atoms with Crippen LogP contribution in [0.25, 0.3) is 0 Å². The molecule has 17 aliphatic carbocycles. The predicted molar refractivity (Wildman–Crippen MR) is 198 cm³/mol. The van der Waals surface area contributed by atoms with E-state index in [1.165, 1.54) is 25.7 Å². The maximum Gasteiger partial charge on any atom is 0.325 e. The predicted octanol–water partition coefficient (Wildman–Crippen LogP) is 8.40. The third-order valence-electron chi connectivity index (χ3n) is 24.6. The molecule has 0 aromatic carbocycles. The van der Waals surface area contributed by atoms with E-state index in [4.69, 9.17) is 9.47 Å². The number of allylic oxidation sites excluding steroid dienone is 2. The highest BCUT2D eigenvalue weighted by Crippen LogP contribution is 2.97. The summed E-state index contributed by atoms with van der Waals surface area (Å²) in [6, 6.07) is 0. The lowest BCUT2D eigenvalue weighted by molar-refractivity contribution is -0.181. The number of fused-ring (bicyclic) bond motifs is 1. The molecule has 1 spiro atoms. The molecule has 0 radical (unpaired) electrons. The normalized spacial score (nSPS) is 70.6. The second kappa shape index (κ2) is 8.02. The molecule has 4 nitrogen and oxygen atoms in total. The molecular weight excluding hydrogens is 665 g/mol. The van der Waals surface area contributed by atoms with Gasteiger partial charge in [-0.05, 0) is 252 Å². The van der Waals surface area contributed by atoms with Crippen LogP contribution in [-0.4, -0.2) is 23.1 Å². The Bertz CT molecular complexity index is 1950. The number of ether oxygens (including phenoxy) is 2. The molecule has 0 N–H and O–H groups in total. The second-order valence-corrected chi connectivity index (χ2v) is 26.8. The largest absolute Gasteiger partial charge is 0.459 e. The van der Waals surface area contributed by atoms with Crippen molar-refractivity contribution in [2.75, 3.05) is 0 Å². The first-order valence-electron chi connectivity index (χ1n) is 24.0. The Morgan fingerprint density at radius 2 is 0.907 bits per heavy atom. The van der Waals surface area contributed by atoms with Crippen LogP contribution in [0.5, 0.6) is 0 Å². The summed E-state index contributed by atoms with van der Waals surface area (Å²) in [6.07, 6.45) is 13.2. The first-order valence-corrected chi connectivity index (χ1v) is 24.0. The van der Waals surface area contributed by atoms with Crippen LogP contribution in [0.1, 0.15) is 86.5 Å². The fraction of sp³-hybridized carbons (Fsp3) is 0.920. The van der Waals surface area contributed by atoms with Crippen molar-refractivity contribution in [3.8, 4) is 0 Å². The average Bonchev–Trinajstić information content (AvgIpc) is 3.76. The van der Waals surface area contributed by atoms with Gasteiger partial charge in [-0.3, -0.25) is 9.59 Å². The first kappa shape index (κ1) is 29.8. The molecule has 0 heterocycles. The van der Waals surface area contributed by atoms with Gasteiger partial charge in [0.05, 0.1) is 0 Å². The van der Waals surface area contributed by atoms with Crippen LogP contribution in [0.4, 0.5) is 0 Å². The van der Waals surface area contributed by atoms with Crippen LogP contribution in [0.2, 0.25) is 0 Å². The van der Waals surface area contributed by atoms with Gasteiger partial charge in [0.1, 0.15) is 11.2 Å². The SMILES string of the molecule is CC(C)(C)OC(=O)C1(C(=O)OC(C)(C)C)C2C3CC4CC5CC6CC7CC8CC9CC%10=CC21C1C2C%10C9C9C8C8C7C6C6C5C5C4C3C1C1C5C6C8C9C12. The minimum Gasteiger partial charge on any atom is -0.459 e. The van der Waals surface area contributed by atoms with E-state index in [0.717, 1.165) is 148 Å². The van der Waals surface area contributed by atoms with E-state index in [2.05, 4.69) is 6.08 Å². The van der Waals surface area contributed by atoms with E-state index >= 15 is 9.59 Å². The van der Waals surface area contributed by atoms with Gasteiger partial charge in [-0.15, -0.1) is 0 Å². The molecule has 0 saturated heterocycles. The van der Waals surface area contributed by atoms with Crippen molar-refractivity contribution in [1.29, 1.82) is 0 Å². The molecule has 0 amide bonds. The lowest BCUT2D eigenvalue weighted by atomic mass is 9.43. The highest BCUT2D eigenvalue weighted by molar-refractivity contribution is 6.07. The van der Waals surface area contributed by atoms with Crippen LogP contribution in [0.15, 0.2) is 11.6 Å². The van der Waals surface area contributed by atoms with Gasteiger partial charge in [0.25, 0.3) is 0 Å². The third-order valence-corrected chi connectivity index (χ3v) is 24.6. The lowest BCUT2D eigenvalue weighted by Crippen LogP contribution is -2.58. The number of rotatable bonds is 2. The van der Waals surface area contributed by atoms with Crippen molar-refractivity contribution in [1.82, 2.24) is 0 Å². The zero-order chi connectivity index (χ0) is 35.5. The molecular formula is C50H62O4. The van der Waals surface area contributed by atoms with Crippen molar-refractivity contribution < 1.29 is 19.1 Å². The zero-order valence-electron chi connectivity index (χ0n) is 33.4. The lowest BCUT2D eigenvalue weighted by Gasteiger charge is -2.62. The van der Waals surface area contributed by atoms with Gasteiger partial charge in [0.2, 0.25) is 0 Å². The number of hydrogen-bond acceptors (Lipinski definition) is 4. The smallest absolute Gasteiger partial charge is 0.325 e. The molecule has 16 saturated carbocycles. The number of esters is 2. The molecule has 0 aromatic rings. The van der Waals surface area contributed by atoms with Crippen LogP contribution in [0.3, 0.4) is 0 Å². The summed E-state index contributed by atoms with van der Waals surface area (Å²) in [5.74, 6) is 25.4. The molecule has 30 unspecified atom stereocenters. The maximum absolute atomic E-state index is 15.6. The molecule has 0 bridgehead atoms. The van der Waals surface area contributed by atoms with E-state index in [1.807, 2.05) is 41.5 Å². The van der Waals surface area contributed by atoms with Crippen LogP contribution in [0, 0.1) is 182 Å². The van der Waals surface area contributed by atoms with E-state index in [0.29, 0.717) is 17.8 Å². The Morgan fingerprint density at radius 1 is 0.500 bits per heavy atom. The molecule has 17 aliphatic rings. The Morgan fingerprint density at radius 3 is 1.44 bits per heavy atom. The number of hydrogen-bond donors (Lipinski definition) is 0. The molecule has 4 heteroatoms. The summed E-state index contributed by atoms with van der Waals surface area (Å²) in [5.41, 5.74) is -1.07. The Balaban J connectivity index is 0.984. The van der Waals surface area contributed by atoms with Gasteiger partial charge in [0.15, 0.2) is 5.41 Å². The van der Waals surface area contributed by atoms with Crippen molar-refractivity contribution in [2.24, 2.45) is 182 Å². The Labute approximate surface area is 321 Å². The Hall–Kier alpha value is -1.32. The molecule has 0 aliphatic heterocycles. The van der Waals surface area contributed by atoms with Gasteiger partial charge in [-0.1, -0.05) is 11.6 Å². The summed E-state index contributed by atoms with van der Waals surface area (Å²) < 4.78 is 13.3. The molecule has 30 atom stereocenters. The molecule has 17 rings (SSSR count). The van der Waals surface area contributed by atoms with Crippen molar-refractivity contribution in [2.45, 2.75) is 97.7 Å². The summed E-state index contributed by atoms with van der Waals surface area (Å²) >= 11 is 0. The second-order valence-electron chi connectivity index (χ2n) is 26.8. The first-order chi connectivity index (χ1) is 25.8. The highest BCUT2D eigenvalue weighted by Gasteiger charge is 2.98. The van der Waals surface area contributed by atoms with Crippen LogP contribution >= 0.6 is 0 Å². The van der Waals surface area contributed by atoms with Crippen molar-refractivity contribution >= 4 is 11.9 Å². The van der Waals surface area contributed by atoms with E-state index in [1.54, 1.807) is 24.8 Å². The topological polar surface area (TPSA) is 52.6 Å². The molecule has 16 fully saturated rings. The van der Waals surface area contributed by atoms with Crippen molar-refractivity contribution in [3.05, 3.63) is 11.6 Å². The van der Waals surface area contributed by atoms with E-state index in [-0.39, 0.29) is 17.9 Å². The number of carbonyl (C=O) groups is 2. The van der Waals surface area contributed by atoms with Crippen LogP contribution in [-0.2, 0) is 19.1 Å². The van der Waals surface area contributed by atoms with Crippen LogP contribution < -0.4 is 0 Å². The molecule has 54 heavy (non-hydrogen) atoms. The Kier molecular flexibility index (Phi) is 4.43. The number of carbonyl (C=O) groups excluding carboxylic acids is 2. The molecule has 0 aromatic heterocycles. The zero-order valence-corrected chi connectivity index (χ0v) is 33.4. The highest BCUT2D eigenvalue weighted by atomic mass is 16.6. The van der Waals surface area contributed by atoms with E-state index in [9.17, 15) is 0 Å². The van der Waals surface area contributed by atoms with Gasteiger partial charge in [-0.25, -0.2) is 0 Å². The van der Waals surface area contributed by atoms with Gasteiger partial charge >= 0.3 is 11.9 Å². The monoisotopic (exact) mass is 726 g/mol. The van der Waals surface area contributed by atoms with E-state index < -0.39 is 22.0 Å². The fourth-order valence-electron chi connectivity index (χ4n) is 26.4. The molecule has 286 valence electrons. The van der Waals surface area contributed by atoms with Gasteiger partial charge < -0.3 is 9.47 Å².